The lowest BCUT2D eigenvalue weighted by Crippen LogP contribution is -2.60. The second-order valence-corrected chi connectivity index (χ2v) is 7.11. The first-order chi connectivity index (χ1) is 12.9. The van der Waals surface area contributed by atoms with Gasteiger partial charge in [-0.05, 0) is 18.8 Å². The van der Waals surface area contributed by atoms with Gasteiger partial charge in [0.1, 0.15) is 24.4 Å². The summed E-state index contributed by atoms with van der Waals surface area (Å²) in [4.78, 5) is 12.0. The highest BCUT2D eigenvalue weighted by atomic mass is 16.8. The topological polar surface area (TPSA) is 155 Å². The summed E-state index contributed by atoms with van der Waals surface area (Å²) >= 11 is 0. The van der Waals surface area contributed by atoms with Gasteiger partial charge >= 0.3 is 5.97 Å². The summed E-state index contributed by atoms with van der Waals surface area (Å²) in [7, 11) is 1.27. The smallest absolute Gasteiger partial charge is 0.337 e. The van der Waals surface area contributed by atoms with Crippen LogP contribution in [0.25, 0.3) is 0 Å². The highest BCUT2D eigenvalue weighted by molar-refractivity contribution is 5.89. The quantitative estimate of drug-likeness (QED) is 0.328. The third-order valence-electron chi connectivity index (χ3n) is 5.67. The van der Waals surface area contributed by atoms with Gasteiger partial charge in [0.25, 0.3) is 0 Å². The molecule has 1 saturated heterocycles. The number of aliphatic hydroxyl groups excluding tert-OH is 5. The molecule has 3 rings (SSSR count). The molecule has 27 heavy (non-hydrogen) atoms. The first-order valence-corrected chi connectivity index (χ1v) is 8.93. The first-order valence-electron chi connectivity index (χ1n) is 8.93. The minimum absolute atomic E-state index is 0.131. The fourth-order valence-corrected chi connectivity index (χ4v) is 4.17. The van der Waals surface area contributed by atoms with Crippen LogP contribution in [0.3, 0.4) is 0 Å². The summed E-state index contributed by atoms with van der Waals surface area (Å²) in [5, 5.41) is 48.9. The van der Waals surface area contributed by atoms with Gasteiger partial charge < -0.3 is 44.5 Å². The highest BCUT2D eigenvalue weighted by Gasteiger charge is 2.51. The van der Waals surface area contributed by atoms with Gasteiger partial charge in [-0.15, -0.1) is 0 Å². The van der Waals surface area contributed by atoms with E-state index in [2.05, 4.69) is 0 Å². The van der Waals surface area contributed by atoms with Crippen molar-refractivity contribution in [1.82, 2.24) is 0 Å². The average Bonchev–Trinajstić information content (AvgIpc) is 3.12. The zero-order valence-corrected chi connectivity index (χ0v) is 14.9. The van der Waals surface area contributed by atoms with Crippen LogP contribution in [0, 0.1) is 17.8 Å². The third-order valence-corrected chi connectivity index (χ3v) is 5.67. The average molecular weight is 390 g/mol. The summed E-state index contributed by atoms with van der Waals surface area (Å²) in [6, 6.07) is 0. The number of hydrogen-bond acceptors (Lipinski definition) is 10. The van der Waals surface area contributed by atoms with E-state index in [-0.39, 0.29) is 24.4 Å². The lowest BCUT2D eigenvalue weighted by atomic mass is 9.83. The number of ether oxygens (including phenoxy) is 4. The summed E-state index contributed by atoms with van der Waals surface area (Å²) < 4.78 is 21.4. The van der Waals surface area contributed by atoms with E-state index in [0.717, 1.165) is 0 Å². The Morgan fingerprint density at radius 2 is 1.85 bits per heavy atom. The van der Waals surface area contributed by atoms with Gasteiger partial charge in [-0.25, -0.2) is 4.79 Å². The second kappa shape index (κ2) is 8.39. The number of carbonyl (C=O) groups is 1. The van der Waals surface area contributed by atoms with E-state index in [0.29, 0.717) is 18.4 Å². The largest absolute Gasteiger partial charge is 0.472 e. The molecule has 2 aliphatic heterocycles. The Labute approximate surface area is 155 Å². The fraction of sp³-hybridized carbons (Fsp3) is 0.824. The van der Waals surface area contributed by atoms with Crippen LogP contribution < -0.4 is 0 Å². The molecule has 0 amide bonds. The third kappa shape index (κ3) is 3.70. The molecular formula is C17H26O10. The maximum absolute atomic E-state index is 12.0. The minimum atomic E-state index is -1.57. The van der Waals surface area contributed by atoms with Crippen LogP contribution in [0.2, 0.25) is 0 Å². The minimum Gasteiger partial charge on any atom is -0.472 e. The predicted molar refractivity (Wildman–Crippen MR) is 86.6 cm³/mol. The zero-order chi connectivity index (χ0) is 19.7. The molecule has 3 aliphatic rings. The number of aliphatic hydroxyl groups is 5. The molecule has 5 N–H and O–H groups in total. The lowest BCUT2D eigenvalue weighted by Gasteiger charge is -2.43. The molecule has 0 bridgehead atoms. The van der Waals surface area contributed by atoms with E-state index in [4.69, 9.17) is 18.9 Å². The van der Waals surface area contributed by atoms with Crippen molar-refractivity contribution in [1.29, 1.82) is 0 Å². The van der Waals surface area contributed by atoms with Crippen LogP contribution in [-0.4, -0.2) is 88.8 Å². The van der Waals surface area contributed by atoms with Crippen LogP contribution in [0.1, 0.15) is 12.8 Å². The number of esters is 1. The highest BCUT2D eigenvalue weighted by Crippen LogP contribution is 2.47. The number of hydrogen-bond donors (Lipinski definition) is 5. The molecule has 9 atom stereocenters. The predicted octanol–water partition coefficient (Wildman–Crippen LogP) is -2.15. The Balaban J connectivity index is 1.79. The Morgan fingerprint density at radius 1 is 1.11 bits per heavy atom. The van der Waals surface area contributed by atoms with Crippen molar-refractivity contribution in [2.45, 2.75) is 49.8 Å². The molecule has 0 spiro atoms. The van der Waals surface area contributed by atoms with E-state index < -0.39 is 49.6 Å². The molecule has 0 aromatic rings. The first kappa shape index (κ1) is 20.5. The Morgan fingerprint density at radius 3 is 2.48 bits per heavy atom. The Kier molecular flexibility index (Phi) is 6.36. The molecule has 2 fully saturated rings. The summed E-state index contributed by atoms with van der Waals surface area (Å²) in [5.41, 5.74) is 0.354. The maximum atomic E-state index is 12.0. The van der Waals surface area contributed by atoms with E-state index in [1.165, 1.54) is 13.4 Å². The van der Waals surface area contributed by atoms with Crippen LogP contribution >= 0.6 is 0 Å². The molecule has 1 saturated carbocycles. The van der Waals surface area contributed by atoms with Gasteiger partial charge in [-0.1, -0.05) is 0 Å². The van der Waals surface area contributed by atoms with Gasteiger partial charge in [-0.3, -0.25) is 0 Å². The van der Waals surface area contributed by atoms with Gasteiger partial charge in [0.05, 0.1) is 25.6 Å². The zero-order valence-electron chi connectivity index (χ0n) is 14.9. The van der Waals surface area contributed by atoms with Crippen LogP contribution in [-0.2, 0) is 23.7 Å². The molecule has 10 nitrogen and oxygen atoms in total. The van der Waals surface area contributed by atoms with Crippen LogP contribution in [0.15, 0.2) is 11.8 Å². The lowest BCUT2D eigenvalue weighted by molar-refractivity contribution is -0.342. The van der Waals surface area contributed by atoms with E-state index in [1.807, 2.05) is 0 Å². The van der Waals surface area contributed by atoms with Gasteiger partial charge in [0.15, 0.2) is 6.29 Å². The molecule has 0 radical (unpaired) electrons. The monoisotopic (exact) mass is 390 g/mol. The fourth-order valence-electron chi connectivity index (χ4n) is 4.17. The van der Waals surface area contributed by atoms with Crippen molar-refractivity contribution in [2.75, 3.05) is 20.3 Å². The van der Waals surface area contributed by atoms with Crippen molar-refractivity contribution in [3.8, 4) is 0 Å². The number of rotatable bonds is 5. The standard InChI is InChI=1S/C17H26O10/c1-24-15(23)9-6-25-16(11-7(4-18)2-3-8(9)11)27-17-14(22)13(21)12(20)10(5-19)26-17/h6-8,10-14,16-22H,2-5H2,1H3/t7-,8+,10+,11+,12+,13-,14+,16-,17-/m0/s1. The molecule has 0 unspecified atom stereocenters. The Bertz CT molecular complexity index is 564. The maximum Gasteiger partial charge on any atom is 0.337 e. The summed E-state index contributed by atoms with van der Waals surface area (Å²) in [6.07, 6.45) is -5.51. The van der Waals surface area contributed by atoms with Crippen molar-refractivity contribution >= 4 is 5.97 Å². The van der Waals surface area contributed by atoms with Crippen LogP contribution in [0.4, 0.5) is 0 Å². The Hall–Kier alpha value is -1.27. The number of methoxy groups -OCH3 is 1. The van der Waals surface area contributed by atoms with Crippen molar-refractivity contribution < 1.29 is 49.3 Å². The van der Waals surface area contributed by atoms with E-state index >= 15 is 0 Å². The SMILES string of the molecule is COC(=O)C1=CO[C@@H](O[C@@H]2O[C@H](CO)[C@@H](O)[C@H](O)[C@H]2O)[C@@H]2[C@H](CO)CC[C@H]12. The summed E-state index contributed by atoms with van der Waals surface area (Å²) in [6.45, 7) is -0.707. The van der Waals surface area contributed by atoms with Crippen LogP contribution in [0.5, 0.6) is 0 Å². The molecule has 10 heteroatoms. The van der Waals surface area contributed by atoms with Gasteiger partial charge in [0.2, 0.25) is 6.29 Å². The van der Waals surface area contributed by atoms with Crippen molar-refractivity contribution in [3.05, 3.63) is 11.8 Å². The van der Waals surface area contributed by atoms with E-state index in [1.54, 1.807) is 0 Å². The molecule has 2 heterocycles. The van der Waals surface area contributed by atoms with E-state index in [9.17, 15) is 30.3 Å². The van der Waals surface area contributed by atoms with Crippen molar-refractivity contribution in [2.24, 2.45) is 17.8 Å². The van der Waals surface area contributed by atoms with Gasteiger partial charge in [0, 0.05) is 18.4 Å². The summed E-state index contributed by atoms with van der Waals surface area (Å²) in [5.74, 6) is -1.35. The molecule has 154 valence electrons. The number of fused-ring (bicyclic) bond motifs is 1. The van der Waals surface area contributed by atoms with Gasteiger partial charge in [-0.2, -0.15) is 0 Å². The molecule has 0 aromatic heterocycles. The number of carbonyl (C=O) groups excluding carboxylic acids is 1. The van der Waals surface area contributed by atoms with Crippen molar-refractivity contribution in [3.63, 3.8) is 0 Å². The molecular weight excluding hydrogens is 364 g/mol. The molecule has 1 aliphatic carbocycles. The normalized spacial score (nSPS) is 44.2. The second-order valence-electron chi connectivity index (χ2n) is 7.11. The molecule has 0 aromatic carbocycles.